The number of phenolic OH excluding ortho intramolecular Hbond substituents is 1. The van der Waals surface area contributed by atoms with E-state index in [0.29, 0.717) is 72.8 Å². The Hall–Kier alpha value is -4.71. The van der Waals surface area contributed by atoms with Crippen LogP contribution in [0.25, 0.3) is 10.9 Å². The number of hydrogen-bond acceptors (Lipinski definition) is 9. The molecule has 11 heteroatoms. The Balaban J connectivity index is 0.833. The van der Waals surface area contributed by atoms with E-state index in [4.69, 9.17) is 9.47 Å². The molecule has 0 saturated carbocycles. The molecule has 1 aromatic heterocycles. The third-order valence-corrected chi connectivity index (χ3v) is 11.4. The molecule has 4 N–H and O–H groups in total. The van der Waals surface area contributed by atoms with Gasteiger partial charge in [-0.3, -0.25) is 19.3 Å². The molecule has 2 bridgehead atoms. The normalized spacial score (nSPS) is 21.3. The lowest BCUT2D eigenvalue weighted by molar-refractivity contribution is -0.167. The Kier molecular flexibility index (Phi) is 11.4. The number of likely N-dealkylation sites (tertiary alicyclic amines) is 1. The third kappa shape index (κ3) is 8.27. The van der Waals surface area contributed by atoms with Crippen LogP contribution in [0.15, 0.2) is 83.7 Å². The van der Waals surface area contributed by atoms with Crippen molar-refractivity contribution in [1.82, 2.24) is 20.1 Å². The average Bonchev–Trinajstić information content (AvgIpc) is 3.20. The van der Waals surface area contributed by atoms with E-state index in [1.165, 1.54) is 12.1 Å². The highest BCUT2D eigenvalue weighted by Gasteiger charge is 2.47. The number of fused-ring (bicyclic) bond motifs is 4. The Morgan fingerprint density at radius 2 is 1.66 bits per heavy atom. The first-order valence-corrected chi connectivity index (χ1v) is 19.1. The van der Waals surface area contributed by atoms with E-state index < -0.39 is 11.5 Å². The lowest BCUT2D eigenvalue weighted by Gasteiger charge is -2.46. The summed E-state index contributed by atoms with van der Waals surface area (Å²) in [4.78, 5) is 46.0. The van der Waals surface area contributed by atoms with E-state index >= 15 is 0 Å². The second-order valence-electron chi connectivity index (χ2n) is 14.8. The van der Waals surface area contributed by atoms with Crippen molar-refractivity contribution < 1.29 is 29.3 Å². The number of rotatable bonds is 14. The smallest absolute Gasteiger partial charge is 0.317 e. The second kappa shape index (κ2) is 16.5. The summed E-state index contributed by atoms with van der Waals surface area (Å²) in [5, 5.41) is 24.7. The van der Waals surface area contributed by atoms with Crippen LogP contribution < -0.4 is 15.6 Å². The molecule has 280 valence electrons. The molecule has 53 heavy (non-hydrogen) atoms. The van der Waals surface area contributed by atoms with Crippen molar-refractivity contribution >= 4 is 22.8 Å². The Morgan fingerprint density at radius 1 is 0.906 bits per heavy atom. The van der Waals surface area contributed by atoms with Crippen molar-refractivity contribution in [3.05, 3.63) is 106 Å². The third-order valence-electron chi connectivity index (χ3n) is 11.4. The molecule has 11 nitrogen and oxygen atoms in total. The number of pyridine rings is 1. The number of aliphatic hydroxyl groups is 1. The highest BCUT2D eigenvalue weighted by Crippen LogP contribution is 2.39. The van der Waals surface area contributed by atoms with Crippen LogP contribution in [-0.4, -0.2) is 95.4 Å². The van der Waals surface area contributed by atoms with Crippen LogP contribution in [0.3, 0.4) is 0 Å². The van der Waals surface area contributed by atoms with Crippen LogP contribution in [-0.2, 0) is 14.9 Å². The number of piperidine rings is 4. The largest absolute Gasteiger partial charge is 0.506 e. The van der Waals surface area contributed by atoms with Gasteiger partial charge in [-0.25, -0.2) is 0 Å². The molecule has 0 spiro atoms. The summed E-state index contributed by atoms with van der Waals surface area (Å²) < 4.78 is 12.2. The summed E-state index contributed by atoms with van der Waals surface area (Å²) in [6.45, 7) is 5.59. The molecule has 4 saturated heterocycles. The molecule has 0 radical (unpaired) electrons. The van der Waals surface area contributed by atoms with Crippen molar-refractivity contribution in [2.75, 3.05) is 52.4 Å². The number of aromatic hydroxyl groups is 1. The van der Waals surface area contributed by atoms with Crippen LogP contribution >= 0.6 is 0 Å². The summed E-state index contributed by atoms with van der Waals surface area (Å²) in [6.07, 6.45) is 5.09. The lowest BCUT2D eigenvalue weighted by Crippen LogP contribution is -2.55. The number of nitrogens with zero attached hydrogens (tertiary/aromatic N) is 2. The number of amides is 1. The predicted molar refractivity (Wildman–Crippen MR) is 202 cm³/mol. The van der Waals surface area contributed by atoms with Gasteiger partial charge in [-0.15, -0.1) is 0 Å². The van der Waals surface area contributed by atoms with E-state index in [-0.39, 0.29) is 29.3 Å². The number of ether oxygens (including phenoxy) is 2. The molecule has 4 fully saturated rings. The van der Waals surface area contributed by atoms with Gasteiger partial charge in [-0.1, -0.05) is 36.4 Å². The van der Waals surface area contributed by atoms with E-state index in [0.717, 1.165) is 63.8 Å². The zero-order valence-corrected chi connectivity index (χ0v) is 30.2. The summed E-state index contributed by atoms with van der Waals surface area (Å²) in [5.41, 5.74) is 1.46. The van der Waals surface area contributed by atoms with Gasteiger partial charge in [-0.2, -0.15) is 0 Å². The molecule has 8 rings (SSSR count). The lowest BCUT2D eigenvalue weighted by atomic mass is 9.72. The minimum atomic E-state index is -0.789. The molecule has 5 heterocycles. The minimum Gasteiger partial charge on any atom is -0.506 e. The molecule has 3 aromatic carbocycles. The Labute approximate surface area is 309 Å². The van der Waals surface area contributed by atoms with Gasteiger partial charge in [0.2, 0.25) is 5.56 Å². The fourth-order valence-corrected chi connectivity index (χ4v) is 8.25. The van der Waals surface area contributed by atoms with Crippen molar-refractivity contribution in [1.29, 1.82) is 0 Å². The zero-order chi connectivity index (χ0) is 36.8. The van der Waals surface area contributed by atoms with Crippen LogP contribution in [0, 0.1) is 5.92 Å². The van der Waals surface area contributed by atoms with Gasteiger partial charge in [0.05, 0.1) is 23.6 Å². The number of aromatic nitrogens is 1. The summed E-state index contributed by atoms with van der Waals surface area (Å²) in [7, 11) is 0. The van der Waals surface area contributed by atoms with Crippen molar-refractivity contribution in [2.45, 2.75) is 62.6 Å². The number of phenols is 1. The topological polar surface area (TPSA) is 144 Å². The van der Waals surface area contributed by atoms with Gasteiger partial charge in [0.25, 0.3) is 5.91 Å². The number of aromatic amines is 1. The Bertz CT molecular complexity index is 1920. The highest BCUT2D eigenvalue weighted by molar-refractivity contribution is 5.95. The number of hydrogen-bond donors (Lipinski definition) is 4. The van der Waals surface area contributed by atoms with E-state index in [2.05, 4.69) is 15.2 Å². The second-order valence-corrected chi connectivity index (χ2v) is 14.8. The van der Waals surface area contributed by atoms with Crippen LogP contribution in [0.2, 0.25) is 0 Å². The van der Waals surface area contributed by atoms with Crippen LogP contribution in [0.1, 0.15) is 72.5 Å². The fourth-order valence-electron chi connectivity index (χ4n) is 8.25. The maximum Gasteiger partial charge on any atom is 0.317 e. The highest BCUT2D eigenvalue weighted by atomic mass is 16.5. The molecule has 4 aromatic rings. The number of H-pyrrole nitrogens is 1. The van der Waals surface area contributed by atoms with Gasteiger partial charge in [0.1, 0.15) is 17.6 Å². The Morgan fingerprint density at radius 3 is 2.38 bits per heavy atom. The van der Waals surface area contributed by atoms with Crippen molar-refractivity contribution in [3.63, 3.8) is 0 Å². The first-order valence-electron chi connectivity index (χ1n) is 19.1. The molecular formula is C42H50N4O7. The van der Waals surface area contributed by atoms with Gasteiger partial charge >= 0.3 is 5.97 Å². The number of benzene rings is 3. The van der Waals surface area contributed by atoms with Crippen LogP contribution in [0.4, 0.5) is 0 Å². The van der Waals surface area contributed by atoms with E-state index in [9.17, 15) is 24.6 Å². The molecule has 1 amide bonds. The van der Waals surface area contributed by atoms with Gasteiger partial charge < -0.3 is 34.9 Å². The number of aliphatic hydroxyl groups excluding tert-OH is 1. The first kappa shape index (κ1) is 36.6. The van der Waals surface area contributed by atoms with Crippen molar-refractivity contribution in [2.24, 2.45) is 5.92 Å². The maximum absolute atomic E-state index is 14.0. The zero-order valence-electron chi connectivity index (χ0n) is 30.2. The molecular weight excluding hydrogens is 672 g/mol. The average molecular weight is 723 g/mol. The first-order chi connectivity index (χ1) is 25.8. The molecule has 1 unspecified atom stereocenters. The molecule has 2 atom stereocenters. The molecule has 0 aliphatic carbocycles. The molecule has 4 aliphatic heterocycles. The standard InChI is InChI=1S/C42H50N4O7/c47-35-15-13-33(34-14-16-38(49)44-39(34)35)36(48)27-43-21-5-2-6-26-52-32-11-9-30(10-12-32)40(50)46-24-19-42(20-25-46,31-7-3-1-4-8-31)41(51)53-37-28-45-22-17-29(37)18-23-45/h1,3-4,7-16,29,36-37,43,47-48H,2,5-6,17-28H2,(H,44,49)/t36?,37-/m0/s1. The van der Waals surface area contributed by atoms with Gasteiger partial charge in [-0.05, 0) is 118 Å². The van der Waals surface area contributed by atoms with Gasteiger partial charge in [0, 0.05) is 43.2 Å². The predicted octanol–water partition coefficient (Wildman–Crippen LogP) is 4.92. The fraction of sp³-hybridized carbons (Fsp3) is 0.452. The maximum atomic E-state index is 14.0. The summed E-state index contributed by atoms with van der Waals surface area (Å²) in [6, 6.07) is 23.4. The monoisotopic (exact) mass is 722 g/mol. The number of carbonyl (C=O) groups is 2. The summed E-state index contributed by atoms with van der Waals surface area (Å²) in [5.74, 6) is 0.927. The minimum absolute atomic E-state index is 0.0308. The number of unbranched alkanes of at least 4 members (excludes halogenated alkanes) is 2. The number of esters is 1. The van der Waals surface area contributed by atoms with Crippen molar-refractivity contribution in [3.8, 4) is 11.5 Å². The van der Waals surface area contributed by atoms with Gasteiger partial charge in [0.15, 0.2) is 0 Å². The van der Waals surface area contributed by atoms with Crippen LogP contribution in [0.5, 0.6) is 11.5 Å². The SMILES string of the molecule is O=C(c1ccc(OCCCCCNCC(O)c2ccc(O)c3[nH]c(=O)ccc23)cc1)N1CCC(C(=O)O[C@H]2CN3CCC2CC3)(c2ccccc2)CC1. The van der Waals surface area contributed by atoms with E-state index in [1.807, 2.05) is 59.5 Å². The number of nitrogens with one attached hydrogen (secondary N) is 2. The quantitative estimate of drug-likeness (QED) is 0.105. The van der Waals surface area contributed by atoms with E-state index in [1.54, 1.807) is 12.1 Å². The summed E-state index contributed by atoms with van der Waals surface area (Å²) >= 11 is 0. The molecule has 4 aliphatic rings. The number of carbonyl (C=O) groups excluding carboxylic acids is 2.